The second-order valence-electron chi connectivity index (χ2n) is 2.08. The van der Waals surface area contributed by atoms with Crippen molar-refractivity contribution in [2.45, 2.75) is 4.90 Å². The Hall–Kier alpha value is 1.09. The molecular weight excluding hydrogens is 335 g/mol. The van der Waals surface area contributed by atoms with Crippen LogP contribution in [0, 0.1) is 0 Å². The van der Waals surface area contributed by atoms with Crippen molar-refractivity contribution >= 4 is 42.0 Å². The molecule has 0 aromatic heterocycles. The molecule has 0 unspecified atom stereocenters. The zero-order valence-corrected chi connectivity index (χ0v) is 12.6. The molecule has 0 heterocycles. The Kier molecular flexibility index (Phi) is 5.69. The summed E-state index contributed by atoms with van der Waals surface area (Å²) in [5, 5.41) is 0. The van der Waals surface area contributed by atoms with Crippen LogP contribution in [0.5, 0.6) is 0 Å². The van der Waals surface area contributed by atoms with Crippen molar-refractivity contribution < 1.29 is 44.0 Å². The van der Waals surface area contributed by atoms with E-state index in [-0.39, 0.29) is 35.9 Å². The molecule has 0 spiro atoms. The summed E-state index contributed by atoms with van der Waals surface area (Å²) in [6.07, 6.45) is 0. The van der Waals surface area contributed by atoms with Gasteiger partial charge in [-0.3, -0.25) is 4.55 Å². The van der Waals surface area contributed by atoms with E-state index in [0.717, 1.165) is 0 Å². The molecule has 1 aromatic carbocycles. The number of benzene rings is 1. The van der Waals surface area contributed by atoms with Crippen LogP contribution in [0.25, 0.3) is 0 Å². The Morgan fingerprint density at radius 3 is 1.85 bits per heavy atom. The molecule has 3 nitrogen and oxygen atoms in total. The Balaban J connectivity index is 0. The zero-order valence-electron chi connectivity index (χ0n) is 7.66. The van der Waals surface area contributed by atoms with Gasteiger partial charge < -0.3 is 1.43 Å². The average molecular weight is 340 g/mol. The molecule has 1 N–H and O–H groups in total. The van der Waals surface area contributed by atoms with Crippen LogP contribution >= 0.6 is 31.9 Å². The normalized spacial score (nSPS) is 10.7. The smallest absolute Gasteiger partial charge is 1.00 e. The largest absolute Gasteiger partial charge is 1.00 e. The molecule has 0 aliphatic carbocycles. The Bertz CT molecular complexity index is 389. The van der Waals surface area contributed by atoms with Crippen LogP contribution in [0.3, 0.4) is 0 Å². The van der Waals surface area contributed by atoms with Gasteiger partial charge in [-0.05, 0) is 18.2 Å². The standard InChI is InChI=1S/C6H4Br2O3S.Na.H/c7-4-1-5(8)3-6(2-4)12(9,10)11;;/h1-3H,(H,9,10,11);;/q;+1;-1. The van der Waals surface area contributed by atoms with Crippen molar-refractivity contribution in [3.8, 4) is 0 Å². The third-order valence-corrected chi connectivity index (χ3v) is 2.88. The van der Waals surface area contributed by atoms with E-state index in [2.05, 4.69) is 31.9 Å². The minimum Gasteiger partial charge on any atom is -1.00 e. The molecule has 0 amide bonds. The van der Waals surface area contributed by atoms with Crippen LogP contribution in [-0.4, -0.2) is 13.0 Å². The average Bonchev–Trinajstić information content (AvgIpc) is 1.82. The number of halogens is 2. The summed E-state index contributed by atoms with van der Waals surface area (Å²) >= 11 is 6.20. The third kappa shape index (κ3) is 4.42. The van der Waals surface area contributed by atoms with Gasteiger partial charge in [-0.25, -0.2) is 0 Å². The van der Waals surface area contributed by atoms with Gasteiger partial charge in [0.15, 0.2) is 0 Å². The summed E-state index contributed by atoms with van der Waals surface area (Å²) in [4.78, 5) is -0.135. The first-order chi connectivity index (χ1) is 5.39. The van der Waals surface area contributed by atoms with E-state index in [4.69, 9.17) is 4.55 Å². The molecule has 1 rings (SSSR count). The summed E-state index contributed by atoms with van der Waals surface area (Å²) in [6, 6.07) is 4.31. The van der Waals surface area contributed by atoms with Gasteiger partial charge in [0.2, 0.25) is 0 Å². The van der Waals surface area contributed by atoms with E-state index in [1.807, 2.05) is 0 Å². The van der Waals surface area contributed by atoms with E-state index >= 15 is 0 Å². The molecule has 0 radical (unpaired) electrons. The summed E-state index contributed by atoms with van der Waals surface area (Å²) in [6.45, 7) is 0. The number of rotatable bonds is 1. The van der Waals surface area contributed by atoms with Crippen molar-refractivity contribution in [3.05, 3.63) is 27.1 Å². The third-order valence-electron chi connectivity index (χ3n) is 1.13. The predicted molar refractivity (Wildman–Crippen MR) is 52.8 cm³/mol. The van der Waals surface area contributed by atoms with E-state index in [9.17, 15) is 8.42 Å². The quantitative estimate of drug-likeness (QED) is 0.558. The van der Waals surface area contributed by atoms with E-state index < -0.39 is 10.1 Å². The van der Waals surface area contributed by atoms with Crippen LogP contribution in [0.2, 0.25) is 0 Å². The van der Waals surface area contributed by atoms with Gasteiger partial charge in [0.1, 0.15) is 0 Å². The minimum absolute atomic E-state index is 0. The molecule has 0 bridgehead atoms. The van der Waals surface area contributed by atoms with Gasteiger partial charge in [0, 0.05) is 8.95 Å². The fourth-order valence-electron chi connectivity index (χ4n) is 0.677. The fourth-order valence-corrected chi connectivity index (χ4v) is 2.83. The molecule has 13 heavy (non-hydrogen) atoms. The van der Waals surface area contributed by atoms with Crippen LogP contribution < -0.4 is 29.6 Å². The monoisotopic (exact) mass is 338 g/mol. The Morgan fingerprint density at radius 1 is 1.15 bits per heavy atom. The summed E-state index contributed by atoms with van der Waals surface area (Å²) in [5.74, 6) is 0. The molecule has 7 heteroatoms. The van der Waals surface area contributed by atoms with Gasteiger partial charge in [0.25, 0.3) is 10.1 Å². The van der Waals surface area contributed by atoms with Gasteiger partial charge in [-0.15, -0.1) is 0 Å². The van der Waals surface area contributed by atoms with Gasteiger partial charge >= 0.3 is 29.6 Å². The molecule has 68 valence electrons. The zero-order chi connectivity index (χ0) is 9.35. The maximum atomic E-state index is 10.7. The molecular formula is C6H5Br2NaO3S. The molecule has 0 fully saturated rings. The summed E-state index contributed by atoms with van der Waals surface area (Å²) in [7, 11) is -4.11. The second kappa shape index (κ2) is 5.25. The maximum Gasteiger partial charge on any atom is 1.00 e. The van der Waals surface area contributed by atoms with Crippen molar-refractivity contribution in [1.29, 1.82) is 0 Å². The van der Waals surface area contributed by atoms with Crippen LogP contribution in [0.15, 0.2) is 32.0 Å². The SMILES string of the molecule is O=S(=O)(O)c1cc(Br)cc(Br)c1.[H-].[Na+]. The first kappa shape index (κ1) is 14.1. The van der Waals surface area contributed by atoms with Gasteiger partial charge in [-0.2, -0.15) is 8.42 Å². The molecule has 1 aromatic rings. The van der Waals surface area contributed by atoms with E-state index in [1.165, 1.54) is 12.1 Å². The van der Waals surface area contributed by atoms with Crippen LogP contribution in [0.4, 0.5) is 0 Å². The summed E-state index contributed by atoms with van der Waals surface area (Å²) < 4.78 is 31.1. The molecule has 0 saturated carbocycles. The number of hydrogen-bond acceptors (Lipinski definition) is 2. The van der Waals surface area contributed by atoms with Crippen LogP contribution in [0.1, 0.15) is 1.43 Å². The Labute approximate surface area is 117 Å². The fraction of sp³-hybridized carbons (Fsp3) is 0. The maximum absolute atomic E-state index is 10.7. The van der Waals surface area contributed by atoms with Crippen molar-refractivity contribution in [1.82, 2.24) is 0 Å². The predicted octanol–water partition coefficient (Wildman–Crippen LogP) is -0.425. The second-order valence-corrected chi connectivity index (χ2v) is 5.33. The van der Waals surface area contributed by atoms with Crippen molar-refractivity contribution in [2.24, 2.45) is 0 Å². The first-order valence-corrected chi connectivity index (χ1v) is 5.86. The molecule has 0 aliphatic heterocycles. The van der Waals surface area contributed by atoms with Crippen molar-refractivity contribution in [3.63, 3.8) is 0 Å². The molecule has 0 saturated heterocycles. The van der Waals surface area contributed by atoms with Gasteiger partial charge in [-0.1, -0.05) is 31.9 Å². The Morgan fingerprint density at radius 2 is 1.54 bits per heavy atom. The topological polar surface area (TPSA) is 54.4 Å². The van der Waals surface area contributed by atoms with E-state index in [1.54, 1.807) is 6.07 Å². The summed E-state index contributed by atoms with van der Waals surface area (Å²) in [5.41, 5.74) is 0. The first-order valence-electron chi connectivity index (χ1n) is 2.83. The molecule has 0 aliphatic rings. The molecule has 0 atom stereocenters. The minimum atomic E-state index is -4.11. The number of hydrogen-bond donors (Lipinski definition) is 1. The van der Waals surface area contributed by atoms with Crippen molar-refractivity contribution in [2.75, 3.05) is 0 Å². The van der Waals surface area contributed by atoms with Gasteiger partial charge in [0.05, 0.1) is 4.90 Å². The van der Waals surface area contributed by atoms with Crippen LogP contribution in [-0.2, 0) is 10.1 Å². The van der Waals surface area contributed by atoms with E-state index in [0.29, 0.717) is 8.95 Å².